The van der Waals surface area contributed by atoms with E-state index in [4.69, 9.17) is 0 Å². The lowest BCUT2D eigenvalue weighted by molar-refractivity contribution is 0.916. The van der Waals surface area contributed by atoms with Crippen LogP contribution in [0.2, 0.25) is 0 Å². The van der Waals surface area contributed by atoms with Crippen LogP contribution in [0.1, 0.15) is 11.4 Å². The summed E-state index contributed by atoms with van der Waals surface area (Å²) in [4.78, 5) is 11.1. The van der Waals surface area contributed by atoms with Crippen LogP contribution >= 0.6 is 15.9 Å². The molecule has 0 saturated carbocycles. The van der Waals surface area contributed by atoms with E-state index in [1.165, 1.54) is 0 Å². The summed E-state index contributed by atoms with van der Waals surface area (Å²) in [7, 11) is 0. The average Bonchev–Trinajstić information content (AvgIpc) is 1.93. The van der Waals surface area contributed by atoms with Crippen LogP contribution in [0.3, 0.4) is 0 Å². The van der Waals surface area contributed by atoms with E-state index < -0.39 is 0 Å². The second-order valence-electron chi connectivity index (χ2n) is 2.08. The summed E-state index contributed by atoms with van der Waals surface area (Å²) in [6.07, 6.45) is 0. The van der Waals surface area contributed by atoms with Crippen molar-refractivity contribution in [2.24, 2.45) is 0 Å². The average molecular weight is 203 g/mol. The quantitative estimate of drug-likeness (QED) is 0.687. The summed E-state index contributed by atoms with van der Waals surface area (Å²) in [6, 6.07) is 0. The molecule has 0 unspecified atom stereocenters. The Hall–Kier alpha value is -0.640. The third-order valence-electron chi connectivity index (χ3n) is 1.25. The second-order valence-corrected chi connectivity index (χ2v) is 2.87. The number of H-pyrrole nitrogens is 1. The number of halogens is 1. The fourth-order valence-corrected chi connectivity index (χ4v) is 0.972. The Morgan fingerprint density at radius 1 is 1.50 bits per heavy atom. The minimum Gasteiger partial charge on any atom is -0.287 e. The number of aromatic nitrogens is 2. The van der Waals surface area contributed by atoms with Crippen LogP contribution in [0.15, 0.2) is 9.27 Å². The van der Waals surface area contributed by atoms with Gasteiger partial charge in [0.1, 0.15) is 5.69 Å². The van der Waals surface area contributed by atoms with Gasteiger partial charge in [0.05, 0.1) is 4.47 Å². The van der Waals surface area contributed by atoms with Crippen LogP contribution in [0.5, 0.6) is 0 Å². The lowest BCUT2D eigenvalue weighted by Gasteiger charge is -1.95. The normalized spacial score (nSPS) is 9.90. The first kappa shape index (κ1) is 7.47. The number of nitrogens with zero attached hydrogens (tertiary/aromatic N) is 1. The summed E-state index contributed by atoms with van der Waals surface area (Å²) >= 11 is 3.15. The molecule has 1 rings (SSSR count). The van der Waals surface area contributed by atoms with Crippen LogP contribution in [0.25, 0.3) is 0 Å². The van der Waals surface area contributed by atoms with Gasteiger partial charge in [-0.3, -0.25) is 9.89 Å². The molecule has 4 heteroatoms. The van der Waals surface area contributed by atoms with Crippen molar-refractivity contribution in [1.29, 1.82) is 0 Å². The fourth-order valence-electron chi connectivity index (χ4n) is 0.597. The first-order chi connectivity index (χ1) is 4.63. The van der Waals surface area contributed by atoms with E-state index in [1.807, 2.05) is 0 Å². The van der Waals surface area contributed by atoms with E-state index in [1.54, 1.807) is 13.8 Å². The number of hydrogen-bond acceptors (Lipinski definition) is 2. The molecule has 0 bridgehead atoms. The summed E-state index contributed by atoms with van der Waals surface area (Å²) in [5.41, 5.74) is 1.20. The number of aryl methyl sites for hydroxylation is 2. The van der Waals surface area contributed by atoms with Crippen molar-refractivity contribution >= 4 is 15.9 Å². The van der Waals surface area contributed by atoms with E-state index in [-0.39, 0.29) is 5.43 Å². The molecule has 0 saturated heterocycles. The molecular weight excluding hydrogens is 196 g/mol. The first-order valence-electron chi connectivity index (χ1n) is 2.84. The monoisotopic (exact) mass is 202 g/mol. The van der Waals surface area contributed by atoms with Gasteiger partial charge in [-0.2, -0.15) is 5.10 Å². The molecule has 0 aromatic carbocycles. The smallest absolute Gasteiger partial charge is 0.217 e. The van der Waals surface area contributed by atoms with E-state index in [0.29, 0.717) is 10.2 Å². The topological polar surface area (TPSA) is 45.8 Å². The van der Waals surface area contributed by atoms with Crippen molar-refractivity contribution in [3.8, 4) is 0 Å². The molecule has 0 amide bonds. The van der Waals surface area contributed by atoms with Crippen molar-refractivity contribution in [3.63, 3.8) is 0 Å². The van der Waals surface area contributed by atoms with Crippen LogP contribution in [-0.2, 0) is 0 Å². The standard InChI is InChI=1S/C6H7BrN2O/c1-3-5(7)6(10)4(2)9-8-3/h1-2H3,(H,8,10). The molecule has 1 aromatic heterocycles. The summed E-state index contributed by atoms with van der Waals surface area (Å²) < 4.78 is 0.569. The maximum Gasteiger partial charge on any atom is 0.217 e. The van der Waals surface area contributed by atoms with Gasteiger partial charge in [-0.25, -0.2) is 0 Å². The van der Waals surface area contributed by atoms with Gasteiger partial charge in [0.2, 0.25) is 5.43 Å². The Bertz CT molecular complexity index is 305. The molecule has 0 atom stereocenters. The van der Waals surface area contributed by atoms with Crippen LogP contribution in [0, 0.1) is 13.8 Å². The van der Waals surface area contributed by atoms with Crippen molar-refractivity contribution in [1.82, 2.24) is 10.2 Å². The van der Waals surface area contributed by atoms with Gasteiger partial charge in [-0.15, -0.1) is 0 Å². The highest BCUT2D eigenvalue weighted by Gasteiger charge is 2.02. The molecule has 0 spiro atoms. The Balaban J connectivity index is 3.50. The zero-order valence-corrected chi connectivity index (χ0v) is 7.32. The molecule has 0 aliphatic rings. The van der Waals surface area contributed by atoms with Crippen molar-refractivity contribution < 1.29 is 0 Å². The van der Waals surface area contributed by atoms with E-state index >= 15 is 0 Å². The van der Waals surface area contributed by atoms with E-state index in [2.05, 4.69) is 26.1 Å². The third kappa shape index (κ3) is 1.11. The van der Waals surface area contributed by atoms with E-state index in [0.717, 1.165) is 5.69 Å². The van der Waals surface area contributed by atoms with Crippen LogP contribution < -0.4 is 5.43 Å². The lowest BCUT2D eigenvalue weighted by Crippen LogP contribution is -2.11. The Morgan fingerprint density at radius 2 is 2.10 bits per heavy atom. The van der Waals surface area contributed by atoms with Crippen molar-refractivity contribution in [2.45, 2.75) is 13.8 Å². The second kappa shape index (κ2) is 2.54. The minimum atomic E-state index is -0.0451. The minimum absolute atomic E-state index is 0.0451. The fraction of sp³-hybridized carbons (Fsp3) is 0.333. The summed E-state index contributed by atoms with van der Waals surface area (Å²) in [6.45, 7) is 3.46. The van der Waals surface area contributed by atoms with Gasteiger partial charge in [0, 0.05) is 5.69 Å². The zero-order chi connectivity index (χ0) is 7.72. The maximum atomic E-state index is 11.1. The number of nitrogens with one attached hydrogen (secondary N) is 1. The molecule has 0 radical (unpaired) electrons. The third-order valence-corrected chi connectivity index (χ3v) is 2.20. The number of aromatic amines is 1. The highest BCUT2D eigenvalue weighted by atomic mass is 79.9. The molecule has 0 aliphatic carbocycles. The molecule has 1 aromatic rings. The lowest BCUT2D eigenvalue weighted by atomic mass is 10.3. The van der Waals surface area contributed by atoms with Gasteiger partial charge in [0.15, 0.2) is 0 Å². The highest BCUT2D eigenvalue weighted by molar-refractivity contribution is 9.10. The number of rotatable bonds is 0. The van der Waals surface area contributed by atoms with E-state index in [9.17, 15) is 4.79 Å². The van der Waals surface area contributed by atoms with Crippen LogP contribution in [-0.4, -0.2) is 10.2 Å². The molecular formula is C6H7BrN2O. The Morgan fingerprint density at radius 3 is 2.60 bits per heavy atom. The van der Waals surface area contributed by atoms with Gasteiger partial charge < -0.3 is 0 Å². The van der Waals surface area contributed by atoms with Gasteiger partial charge >= 0.3 is 0 Å². The van der Waals surface area contributed by atoms with Gasteiger partial charge in [-0.1, -0.05) is 0 Å². The molecule has 1 N–H and O–H groups in total. The predicted octanol–water partition coefficient (Wildman–Crippen LogP) is 1.15. The Labute approximate surface area is 66.6 Å². The molecule has 54 valence electrons. The predicted molar refractivity (Wildman–Crippen MR) is 42.0 cm³/mol. The highest BCUT2D eigenvalue weighted by Crippen LogP contribution is 2.05. The molecule has 0 fully saturated rings. The molecule has 0 aliphatic heterocycles. The maximum absolute atomic E-state index is 11.1. The summed E-state index contributed by atoms with van der Waals surface area (Å²) in [5, 5.41) is 6.48. The molecule has 3 nitrogen and oxygen atoms in total. The van der Waals surface area contributed by atoms with Gasteiger partial charge in [0.25, 0.3) is 0 Å². The first-order valence-corrected chi connectivity index (χ1v) is 3.63. The van der Waals surface area contributed by atoms with Crippen LogP contribution in [0.4, 0.5) is 0 Å². The van der Waals surface area contributed by atoms with Crippen molar-refractivity contribution in [2.75, 3.05) is 0 Å². The Kier molecular flexibility index (Phi) is 1.89. The van der Waals surface area contributed by atoms with Crippen molar-refractivity contribution in [3.05, 3.63) is 26.1 Å². The van der Waals surface area contributed by atoms with Gasteiger partial charge in [-0.05, 0) is 29.8 Å². The zero-order valence-electron chi connectivity index (χ0n) is 5.73. The largest absolute Gasteiger partial charge is 0.287 e. The number of hydrogen-bond donors (Lipinski definition) is 1. The summed E-state index contributed by atoms with van der Waals surface area (Å²) in [5.74, 6) is 0. The SMILES string of the molecule is Cc1[nH]nc(C)c(=O)c1Br. The molecule has 1 heterocycles. The molecule has 10 heavy (non-hydrogen) atoms.